The zero-order valence-corrected chi connectivity index (χ0v) is 12.4. The number of rotatable bonds is 4. The molecule has 21 heavy (non-hydrogen) atoms. The smallest absolute Gasteiger partial charge is 0.126 e. The molecule has 0 bridgehead atoms. The first kappa shape index (κ1) is 14.2. The molecule has 4 heteroatoms. The Balaban J connectivity index is 1.52. The highest BCUT2D eigenvalue weighted by Crippen LogP contribution is 2.30. The van der Waals surface area contributed by atoms with Crippen LogP contribution in [0.2, 0.25) is 5.02 Å². The van der Waals surface area contributed by atoms with E-state index in [4.69, 9.17) is 16.3 Å². The van der Waals surface area contributed by atoms with Crippen molar-refractivity contribution in [2.75, 3.05) is 6.54 Å². The van der Waals surface area contributed by atoms with Crippen molar-refractivity contribution in [2.45, 2.75) is 25.5 Å². The van der Waals surface area contributed by atoms with Crippen LogP contribution in [0.5, 0.6) is 11.5 Å². The molecule has 0 radical (unpaired) electrons. The van der Waals surface area contributed by atoms with Gasteiger partial charge in [-0.1, -0.05) is 29.8 Å². The van der Waals surface area contributed by atoms with E-state index in [1.165, 1.54) is 11.1 Å². The molecule has 0 unspecified atom stereocenters. The normalized spacial score (nSPS) is 17.1. The topological polar surface area (TPSA) is 41.5 Å². The van der Waals surface area contributed by atoms with Gasteiger partial charge in [0, 0.05) is 24.2 Å². The van der Waals surface area contributed by atoms with Gasteiger partial charge in [0.15, 0.2) is 0 Å². The summed E-state index contributed by atoms with van der Waals surface area (Å²) in [5.74, 6) is 1.06. The maximum absolute atomic E-state index is 9.52. The largest absolute Gasteiger partial charge is 0.508 e. The number of halogens is 1. The summed E-state index contributed by atoms with van der Waals surface area (Å²) in [6.07, 6.45) is 2.13. The zero-order valence-electron chi connectivity index (χ0n) is 11.7. The van der Waals surface area contributed by atoms with Crippen LogP contribution in [0.3, 0.4) is 0 Å². The van der Waals surface area contributed by atoms with Crippen molar-refractivity contribution in [1.82, 2.24) is 5.32 Å². The monoisotopic (exact) mass is 303 g/mol. The fourth-order valence-corrected chi connectivity index (χ4v) is 2.66. The third kappa shape index (κ3) is 3.69. The summed E-state index contributed by atoms with van der Waals surface area (Å²) < 4.78 is 5.93. The van der Waals surface area contributed by atoms with Crippen molar-refractivity contribution in [3.63, 3.8) is 0 Å². The van der Waals surface area contributed by atoms with Crippen LogP contribution >= 0.6 is 11.6 Å². The van der Waals surface area contributed by atoms with Crippen molar-refractivity contribution in [2.24, 2.45) is 0 Å². The molecule has 0 aromatic heterocycles. The maximum Gasteiger partial charge on any atom is 0.126 e. The van der Waals surface area contributed by atoms with Crippen molar-refractivity contribution >= 4 is 11.6 Å². The highest BCUT2D eigenvalue weighted by molar-refractivity contribution is 6.30. The van der Waals surface area contributed by atoms with Gasteiger partial charge in [-0.15, -0.1) is 0 Å². The Morgan fingerprint density at radius 1 is 1.19 bits per heavy atom. The van der Waals surface area contributed by atoms with Crippen molar-refractivity contribution in [3.05, 3.63) is 58.6 Å². The number of aromatic hydroxyl groups is 1. The van der Waals surface area contributed by atoms with E-state index in [1.807, 2.05) is 30.3 Å². The molecule has 1 aliphatic heterocycles. The van der Waals surface area contributed by atoms with Gasteiger partial charge in [-0.2, -0.15) is 0 Å². The first-order valence-electron chi connectivity index (χ1n) is 7.14. The fraction of sp³-hybridized carbons (Fsp3) is 0.294. The zero-order chi connectivity index (χ0) is 14.7. The highest BCUT2D eigenvalue weighted by Gasteiger charge is 2.19. The van der Waals surface area contributed by atoms with E-state index in [0.29, 0.717) is 0 Å². The molecule has 0 saturated carbocycles. The molecule has 3 rings (SSSR count). The molecule has 1 atom stereocenters. The molecule has 0 aliphatic carbocycles. The first-order valence-corrected chi connectivity index (χ1v) is 7.52. The lowest BCUT2D eigenvalue weighted by Crippen LogP contribution is -2.33. The maximum atomic E-state index is 9.52. The Kier molecular flexibility index (Phi) is 4.32. The van der Waals surface area contributed by atoms with Crippen LogP contribution in [0.15, 0.2) is 42.5 Å². The number of fused-ring (bicyclic) bond motifs is 1. The van der Waals surface area contributed by atoms with Crippen LogP contribution in [-0.2, 0) is 13.0 Å². The van der Waals surface area contributed by atoms with Gasteiger partial charge >= 0.3 is 0 Å². The predicted molar refractivity (Wildman–Crippen MR) is 84.0 cm³/mol. The standard InChI is InChI=1S/C17H18ClNO2/c18-14-5-1-12(2-6-14)10-19-11-16-8-4-13-3-7-15(20)9-17(13)21-16/h1-3,5-7,9,16,19-20H,4,8,10-11H2/t16-/m1/s1. The van der Waals surface area contributed by atoms with Gasteiger partial charge in [0.25, 0.3) is 0 Å². The Morgan fingerprint density at radius 2 is 2.00 bits per heavy atom. The van der Waals surface area contributed by atoms with Crippen LogP contribution in [0.4, 0.5) is 0 Å². The van der Waals surface area contributed by atoms with Crippen molar-refractivity contribution < 1.29 is 9.84 Å². The second kappa shape index (κ2) is 6.37. The molecule has 2 N–H and O–H groups in total. The summed E-state index contributed by atoms with van der Waals surface area (Å²) in [5.41, 5.74) is 2.37. The second-order valence-electron chi connectivity index (χ2n) is 5.33. The quantitative estimate of drug-likeness (QED) is 0.908. The number of phenolic OH excluding ortho intramolecular Hbond substituents is 1. The van der Waals surface area contributed by atoms with E-state index in [2.05, 4.69) is 5.32 Å². The minimum absolute atomic E-state index is 0.145. The molecule has 3 nitrogen and oxygen atoms in total. The predicted octanol–water partition coefficient (Wildman–Crippen LogP) is 3.53. The van der Waals surface area contributed by atoms with Gasteiger partial charge < -0.3 is 15.2 Å². The second-order valence-corrected chi connectivity index (χ2v) is 5.76. The molecule has 1 aliphatic rings. The average molecular weight is 304 g/mol. The summed E-state index contributed by atoms with van der Waals surface area (Å²) in [7, 11) is 0. The number of phenols is 1. The highest BCUT2D eigenvalue weighted by atomic mass is 35.5. The van der Waals surface area contributed by atoms with E-state index in [-0.39, 0.29) is 11.9 Å². The lowest BCUT2D eigenvalue weighted by atomic mass is 10.0. The lowest BCUT2D eigenvalue weighted by molar-refractivity contribution is 0.169. The SMILES string of the molecule is Oc1ccc2c(c1)O[C@@H](CNCc1ccc(Cl)cc1)CC2. The van der Waals surface area contributed by atoms with Gasteiger partial charge in [0.2, 0.25) is 0 Å². The van der Waals surface area contributed by atoms with Gasteiger partial charge in [0.05, 0.1) is 0 Å². The fourth-order valence-electron chi connectivity index (χ4n) is 2.54. The molecule has 2 aromatic rings. The van der Waals surface area contributed by atoms with E-state index in [0.717, 1.165) is 36.7 Å². The first-order chi connectivity index (χ1) is 10.2. The van der Waals surface area contributed by atoms with Crippen LogP contribution < -0.4 is 10.1 Å². The summed E-state index contributed by atoms with van der Waals surface area (Å²) >= 11 is 5.87. The third-order valence-electron chi connectivity index (χ3n) is 3.69. The van der Waals surface area contributed by atoms with E-state index in [1.54, 1.807) is 12.1 Å². The number of nitrogens with one attached hydrogen (secondary N) is 1. The van der Waals surface area contributed by atoms with Gasteiger partial charge in [0.1, 0.15) is 17.6 Å². The number of ether oxygens (including phenoxy) is 1. The Labute approximate surface area is 129 Å². The average Bonchev–Trinajstić information content (AvgIpc) is 2.49. The Morgan fingerprint density at radius 3 is 2.81 bits per heavy atom. The van der Waals surface area contributed by atoms with Crippen LogP contribution in [0.1, 0.15) is 17.5 Å². The molecular formula is C17H18ClNO2. The number of hydrogen-bond donors (Lipinski definition) is 2. The minimum Gasteiger partial charge on any atom is -0.508 e. The summed E-state index contributed by atoms with van der Waals surface area (Å²) in [6, 6.07) is 13.2. The van der Waals surface area contributed by atoms with Crippen LogP contribution in [0.25, 0.3) is 0 Å². The molecule has 0 saturated heterocycles. The van der Waals surface area contributed by atoms with E-state index in [9.17, 15) is 5.11 Å². The van der Waals surface area contributed by atoms with E-state index < -0.39 is 0 Å². The van der Waals surface area contributed by atoms with Gasteiger partial charge in [-0.05, 0) is 42.2 Å². The summed E-state index contributed by atoms with van der Waals surface area (Å²) in [6.45, 7) is 1.58. The summed E-state index contributed by atoms with van der Waals surface area (Å²) in [5, 5.41) is 13.7. The molecule has 0 fully saturated rings. The third-order valence-corrected chi connectivity index (χ3v) is 3.95. The molecule has 0 amide bonds. The van der Waals surface area contributed by atoms with Crippen LogP contribution in [-0.4, -0.2) is 17.8 Å². The number of benzene rings is 2. The van der Waals surface area contributed by atoms with Gasteiger partial charge in [-0.3, -0.25) is 0 Å². The molecule has 2 aromatic carbocycles. The van der Waals surface area contributed by atoms with Crippen molar-refractivity contribution in [1.29, 1.82) is 0 Å². The molecular weight excluding hydrogens is 286 g/mol. The van der Waals surface area contributed by atoms with E-state index >= 15 is 0 Å². The molecule has 0 spiro atoms. The molecule has 110 valence electrons. The number of hydrogen-bond acceptors (Lipinski definition) is 3. The Bertz CT molecular complexity index is 613. The minimum atomic E-state index is 0.145. The summed E-state index contributed by atoms with van der Waals surface area (Å²) in [4.78, 5) is 0. The number of aryl methyl sites for hydroxylation is 1. The lowest BCUT2D eigenvalue weighted by Gasteiger charge is -2.26. The van der Waals surface area contributed by atoms with Crippen molar-refractivity contribution in [3.8, 4) is 11.5 Å². The Hall–Kier alpha value is -1.71. The van der Waals surface area contributed by atoms with Gasteiger partial charge in [-0.25, -0.2) is 0 Å². The van der Waals surface area contributed by atoms with Crippen LogP contribution in [0, 0.1) is 0 Å². The molecule has 1 heterocycles.